The first-order valence-corrected chi connectivity index (χ1v) is 6.94. The van der Waals surface area contributed by atoms with Crippen LogP contribution in [0, 0.1) is 5.92 Å². The van der Waals surface area contributed by atoms with Gasteiger partial charge in [-0.25, -0.2) is 4.79 Å². The maximum Gasteiger partial charge on any atom is 0.407 e. The van der Waals surface area contributed by atoms with E-state index in [0.29, 0.717) is 25.2 Å². The average molecular weight is 275 g/mol. The molecule has 0 saturated carbocycles. The Labute approximate surface area is 116 Å². The maximum atomic E-state index is 11.7. The van der Waals surface area contributed by atoms with Crippen molar-refractivity contribution in [2.75, 3.05) is 6.61 Å². The number of carbonyl (C=O) groups excluding carboxylic acids is 1. The van der Waals surface area contributed by atoms with Gasteiger partial charge < -0.3 is 20.3 Å². The Kier molecular flexibility index (Phi) is 8.02. The van der Waals surface area contributed by atoms with Gasteiger partial charge in [-0.15, -0.1) is 0 Å². The molecule has 0 aliphatic heterocycles. The largest absolute Gasteiger partial charge is 0.444 e. The molecule has 0 aliphatic carbocycles. The molecular weight excluding hydrogens is 246 g/mol. The first kappa shape index (κ1) is 18.2. The highest BCUT2D eigenvalue weighted by atomic mass is 16.6. The lowest BCUT2D eigenvalue weighted by Gasteiger charge is -2.27. The second-order valence-electron chi connectivity index (χ2n) is 6.32. The molecule has 0 unspecified atom stereocenters. The smallest absolute Gasteiger partial charge is 0.407 e. The number of alkyl carbamates (subject to hydrolysis) is 1. The average Bonchev–Trinajstić information content (AvgIpc) is 2.21. The van der Waals surface area contributed by atoms with Crippen molar-refractivity contribution in [2.45, 2.75) is 71.6 Å². The summed E-state index contributed by atoms with van der Waals surface area (Å²) in [6.45, 7) is 9.49. The summed E-state index contributed by atoms with van der Waals surface area (Å²) in [7, 11) is 0. The lowest BCUT2D eigenvalue weighted by Crippen LogP contribution is -2.46. The van der Waals surface area contributed by atoms with E-state index in [1.807, 2.05) is 13.8 Å². The van der Waals surface area contributed by atoms with Crippen LogP contribution in [0.5, 0.6) is 0 Å². The maximum absolute atomic E-state index is 11.7. The fourth-order valence-corrected chi connectivity index (χ4v) is 1.78. The van der Waals surface area contributed by atoms with Gasteiger partial charge in [-0.05, 0) is 46.0 Å². The van der Waals surface area contributed by atoms with Crippen molar-refractivity contribution in [2.24, 2.45) is 5.92 Å². The molecule has 114 valence electrons. The highest BCUT2D eigenvalue weighted by Crippen LogP contribution is 2.14. The topological polar surface area (TPSA) is 78.8 Å². The molecule has 0 saturated heterocycles. The summed E-state index contributed by atoms with van der Waals surface area (Å²) in [5.41, 5.74) is -0.553. The van der Waals surface area contributed by atoms with Gasteiger partial charge in [-0.1, -0.05) is 13.8 Å². The van der Waals surface area contributed by atoms with Gasteiger partial charge in [0.1, 0.15) is 5.60 Å². The molecule has 0 fully saturated rings. The molecule has 0 aliphatic rings. The van der Waals surface area contributed by atoms with Crippen LogP contribution in [-0.4, -0.2) is 40.7 Å². The number of ether oxygens (including phenoxy) is 1. The fourth-order valence-electron chi connectivity index (χ4n) is 1.78. The molecule has 0 radical (unpaired) electrons. The van der Waals surface area contributed by atoms with Crippen LogP contribution in [0.2, 0.25) is 0 Å². The van der Waals surface area contributed by atoms with E-state index in [1.165, 1.54) is 0 Å². The highest BCUT2D eigenvalue weighted by Gasteiger charge is 2.24. The predicted octanol–water partition coefficient (Wildman–Crippen LogP) is 2.06. The van der Waals surface area contributed by atoms with Gasteiger partial charge in [0.2, 0.25) is 0 Å². The van der Waals surface area contributed by atoms with Crippen molar-refractivity contribution in [1.82, 2.24) is 5.32 Å². The Morgan fingerprint density at radius 1 is 1.32 bits per heavy atom. The standard InChI is InChI=1S/C14H29NO4/c1-10(2)9-11(12(17)7-6-8-16)15-13(18)19-14(3,4)5/h10-12,16-17H,6-9H2,1-5H3,(H,15,18)/t11-,12+/m0/s1. The second-order valence-corrected chi connectivity index (χ2v) is 6.32. The van der Waals surface area contributed by atoms with Gasteiger partial charge in [0.05, 0.1) is 12.1 Å². The minimum absolute atomic E-state index is 0.0396. The van der Waals surface area contributed by atoms with Crippen molar-refractivity contribution < 1.29 is 19.7 Å². The number of rotatable bonds is 7. The number of hydrogen-bond acceptors (Lipinski definition) is 4. The lowest BCUT2D eigenvalue weighted by molar-refractivity contribution is 0.0385. The quantitative estimate of drug-likeness (QED) is 0.664. The van der Waals surface area contributed by atoms with Crippen LogP contribution in [0.4, 0.5) is 4.79 Å². The number of carbonyl (C=O) groups is 1. The first-order chi connectivity index (χ1) is 8.65. The molecule has 0 bridgehead atoms. The summed E-state index contributed by atoms with van der Waals surface area (Å²) < 4.78 is 5.19. The molecule has 0 aromatic rings. The monoisotopic (exact) mass is 275 g/mol. The van der Waals surface area contributed by atoms with E-state index in [2.05, 4.69) is 5.32 Å². The molecule has 0 aromatic carbocycles. The van der Waals surface area contributed by atoms with Crippen LogP contribution in [0.1, 0.15) is 53.9 Å². The van der Waals surface area contributed by atoms with Gasteiger partial charge >= 0.3 is 6.09 Å². The van der Waals surface area contributed by atoms with Crippen LogP contribution < -0.4 is 5.32 Å². The molecule has 19 heavy (non-hydrogen) atoms. The second kappa shape index (κ2) is 8.38. The van der Waals surface area contributed by atoms with E-state index in [4.69, 9.17) is 9.84 Å². The molecule has 0 heterocycles. The van der Waals surface area contributed by atoms with Gasteiger partial charge in [-0.2, -0.15) is 0 Å². The molecule has 0 spiro atoms. The Morgan fingerprint density at radius 3 is 2.32 bits per heavy atom. The Balaban J connectivity index is 4.45. The third kappa shape index (κ3) is 9.73. The van der Waals surface area contributed by atoms with Gasteiger partial charge in [0.15, 0.2) is 0 Å². The number of aliphatic hydroxyl groups excluding tert-OH is 2. The summed E-state index contributed by atoms with van der Waals surface area (Å²) in [5.74, 6) is 0.351. The molecule has 0 rings (SSSR count). The van der Waals surface area contributed by atoms with Crippen LogP contribution in [0.3, 0.4) is 0 Å². The minimum Gasteiger partial charge on any atom is -0.444 e. The van der Waals surface area contributed by atoms with E-state index in [0.717, 1.165) is 0 Å². The third-order valence-electron chi connectivity index (χ3n) is 2.55. The summed E-state index contributed by atoms with van der Waals surface area (Å²) in [4.78, 5) is 11.7. The molecule has 2 atom stereocenters. The molecular formula is C14H29NO4. The molecule has 0 aromatic heterocycles. The van der Waals surface area contributed by atoms with Gasteiger partial charge in [0.25, 0.3) is 0 Å². The Morgan fingerprint density at radius 2 is 1.89 bits per heavy atom. The molecule has 5 heteroatoms. The zero-order chi connectivity index (χ0) is 15.1. The van der Waals surface area contributed by atoms with Crippen molar-refractivity contribution in [3.63, 3.8) is 0 Å². The first-order valence-electron chi connectivity index (χ1n) is 6.94. The van der Waals surface area contributed by atoms with Crippen LogP contribution in [0.25, 0.3) is 0 Å². The van der Waals surface area contributed by atoms with Crippen LogP contribution >= 0.6 is 0 Å². The number of hydrogen-bond donors (Lipinski definition) is 3. The molecule has 1 amide bonds. The zero-order valence-electron chi connectivity index (χ0n) is 12.8. The molecule has 5 nitrogen and oxygen atoms in total. The summed E-state index contributed by atoms with van der Waals surface area (Å²) in [6, 6.07) is -0.346. The van der Waals surface area contributed by atoms with E-state index in [-0.39, 0.29) is 12.6 Å². The fraction of sp³-hybridized carbons (Fsp3) is 0.929. The minimum atomic E-state index is -0.665. The van der Waals surface area contributed by atoms with Crippen molar-refractivity contribution in [3.05, 3.63) is 0 Å². The van der Waals surface area contributed by atoms with Crippen molar-refractivity contribution in [3.8, 4) is 0 Å². The summed E-state index contributed by atoms with van der Waals surface area (Å²) in [6.07, 6.45) is 0.477. The summed E-state index contributed by atoms with van der Waals surface area (Å²) in [5, 5.41) is 21.6. The van der Waals surface area contributed by atoms with E-state index < -0.39 is 17.8 Å². The summed E-state index contributed by atoms with van der Waals surface area (Å²) >= 11 is 0. The third-order valence-corrected chi connectivity index (χ3v) is 2.55. The normalized spacial score (nSPS) is 15.2. The Bertz CT molecular complexity index is 261. The van der Waals surface area contributed by atoms with E-state index >= 15 is 0 Å². The Hall–Kier alpha value is -0.810. The lowest BCUT2D eigenvalue weighted by atomic mass is 9.96. The SMILES string of the molecule is CC(C)C[C@H](NC(=O)OC(C)(C)C)[C@H](O)CCCO. The number of amides is 1. The number of aliphatic hydroxyl groups is 2. The van der Waals surface area contributed by atoms with E-state index in [9.17, 15) is 9.90 Å². The van der Waals surface area contributed by atoms with Crippen molar-refractivity contribution >= 4 is 6.09 Å². The number of nitrogens with one attached hydrogen (secondary N) is 1. The van der Waals surface area contributed by atoms with E-state index in [1.54, 1.807) is 20.8 Å². The molecule has 3 N–H and O–H groups in total. The van der Waals surface area contributed by atoms with Crippen LogP contribution in [-0.2, 0) is 4.74 Å². The highest BCUT2D eigenvalue weighted by molar-refractivity contribution is 5.68. The van der Waals surface area contributed by atoms with Gasteiger partial charge in [-0.3, -0.25) is 0 Å². The van der Waals surface area contributed by atoms with Crippen molar-refractivity contribution in [1.29, 1.82) is 0 Å². The van der Waals surface area contributed by atoms with Gasteiger partial charge in [0, 0.05) is 6.61 Å². The zero-order valence-corrected chi connectivity index (χ0v) is 12.8. The van der Waals surface area contributed by atoms with Crippen LogP contribution in [0.15, 0.2) is 0 Å². The predicted molar refractivity (Wildman–Crippen MR) is 74.9 cm³/mol.